The standard InChI is InChI=1S/C41H37N3/c1-24-8-15-35(27(4)18-24)31-11-13-34(14-12-31)44-40-38(20-32(22-42-40)36-16-9-25(2)19-28(36)5)39-21-33(23-43-41(39)44)37-17-10-26(3)29(6)30(37)7/h8-23H,1-7H3. The van der Waals surface area contributed by atoms with Gasteiger partial charge in [0.15, 0.2) is 0 Å². The monoisotopic (exact) mass is 571 g/mol. The van der Waals surface area contributed by atoms with Crippen LogP contribution in [0.5, 0.6) is 0 Å². The predicted molar refractivity (Wildman–Crippen MR) is 186 cm³/mol. The van der Waals surface area contributed by atoms with Crippen molar-refractivity contribution in [1.82, 2.24) is 14.5 Å². The lowest BCUT2D eigenvalue weighted by Gasteiger charge is -2.12. The van der Waals surface area contributed by atoms with Crippen LogP contribution in [0.15, 0.2) is 97.3 Å². The minimum atomic E-state index is 0.911. The Kier molecular flexibility index (Phi) is 6.70. The Balaban J connectivity index is 1.45. The maximum Gasteiger partial charge on any atom is 0.146 e. The average Bonchev–Trinajstić information content (AvgIpc) is 3.33. The first-order chi connectivity index (χ1) is 21.2. The number of hydrogen-bond acceptors (Lipinski definition) is 2. The van der Waals surface area contributed by atoms with Crippen molar-refractivity contribution in [3.63, 3.8) is 0 Å². The van der Waals surface area contributed by atoms with E-state index in [1.807, 2.05) is 12.4 Å². The van der Waals surface area contributed by atoms with Crippen LogP contribution >= 0.6 is 0 Å². The summed E-state index contributed by atoms with van der Waals surface area (Å²) in [7, 11) is 0. The van der Waals surface area contributed by atoms with E-state index in [1.165, 1.54) is 61.2 Å². The van der Waals surface area contributed by atoms with Crippen LogP contribution in [-0.2, 0) is 0 Å². The molecule has 7 rings (SSSR count). The summed E-state index contributed by atoms with van der Waals surface area (Å²) >= 11 is 0. The molecule has 0 aliphatic carbocycles. The van der Waals surface area contributed by atoms with Gasteiger partial charge in [-0.25, -0.2) is 9.97 Å². The van der Waals surface area contributed by atoms with Crippen molar-refractivity contribution >= 4 is 22.1 Å². The van der Waals surface area contributed by atoms with Crippen molar-refractivity contribution in [1.29, 1.82) is 0 Å². The van der Waals surface area contributed by atoms with Crippen LogP contribution in [-0.4, -0.2) is 14.5 Å². The van der Waals surface area contributed by atoms with Gasteiger partial charge in [-0.2, -0.15) is 0 Å². The van der Waals surface area contributed by atoms with E-state index in [2.05, 4.69) is 138 Å². The van der Waals surface area contributed by atoms with Gasteiger partial charge in [-0.05, 0) is 123 Å². The molecule has 0 saturated carbocycles. The molecule has 0 aliphatic rings. The Bertz CT molecular complexity index is 2230. The highest BCUT2D eigenvalue weighted by molar-refractivity contribution is 6.08. The molecule has 0 aliphatic heterocycles. The lowest BCUT2D eigenvalue weighted by Crippen LogP contribution is -1.98. The van der Waals surface area contributed by atoms with Crippen molar-refractivity contribution in [3.05, 3.63) is 136 Å². The second-order valence-corrected chi connectivity index (χ2v) is 12.4. The number of aromatic nitrogens is 3. The van der Waals surface area contributed by atoms with E-state index in [9.17, 15) is 0 Å². The van der Waals surface area contributed by atoms with Crippen LogP contribution < -0.4 is 0 Å². The summed E-state index contributed by atoms with van der Waals surface area (Å²) < 4.78 is 2.21. The molecular formula is C41H37N3. The first-order valence-electron chi connectivity index (χ1n) is 15.3. The topological polar surface area (TPSA) is 30.7 Å². The Labute approximate surface area is 259 Å². The molecule has 7 aromatic rings. The normalized spacial score (nSPS) is 11.5. The first kappa shape index (κ1) is 27.8. The highest BCUT2D eigenvalue weighted by Crippen LogP contribution is 2.37. The second kappa shape index (κ2) is 10.6. The molecule has 0 radical (unpaired) electrons. The van der Waals surface area contributed by atoms with E-state index in [0.29, 0.717) is 0 Å². The minimum Gasteiger partial charge on any atom is -0.278 e. The molecule has 0 unspecified atom stereocenters. The third-order valence-electron chi connectivity index (χ3n) is 9.33. The van der Waals surface area contributed by atoms with Gasteiger partial charge in [-0.15, -0.1) is 0 Å². The molecule has 3 heteroatoms. The highest BCUT2D eigenvalue weighted by Gasteiger charge is 2.18. The number of nitrogens with zero attached hydrogens (tertiary/aromatic N) is 3. The molecule has 216 valence electrons. The van der Waals surface area contributed by atoms with Crippen molar-refractivity contribution in [2.24, 2.45) is 0 Å². The molecule has 0 fully saturated rings. The van der Waals surface area contributed by atoms with E-state index in [1.54, 1.807) is 0 Å². The third kappa shape index (κ3) is 4.60. The molecule has 3 nitrogen and oxygen atoms in total. The van der Waals surface area contributed by atoms with Gasteiger partial charge in [0.25, 0.3) is 0 Å². The van der Waals surface area contributed by atoms with Crippen LogP contribution in [0.25, 0.3) is 61.1 Å². The minimum absolute atomic E-state index is 0.911. The van der Waals surface area contributed by atoms with Gasteiger partial charge in [0.1, 0.15) is 11.3 Å². The van der Waals surface area contributed by atoms with Crippen molar-refractivity contribution in [2.45, 2.75) is 48.5 Å². The van der Waals surface area contributed by atoms with Crippen LogP contribution in [0.1, 0.15) is 38.9 Å². The highest BCUT2D eigenvalue weighted by atomic mass is 15.1. The van der Waals surface area contributed by atoms with E-state index in [-0.39, 0.29) is 0 Å². The van der Waals surface area contributed by atoms with Gasteiger partial charge in [0, 0.05) is 40.0 Å². The zero-order valence-electron chi connectivity index (χ0n) is 26.6. The molecule has 0 saturated heterocycles. The van der Waals surface area contributed by atoms with E-state index in [0.717, 1.165) is 38.9 Å². The lowest BCUT2D eigenvalue weighted by molar-refractivity contribution is 1.10. The summed E-state index contributed by atoms with van der Waals surface area (Å²) in [6.45, 7) is 15.2. The maximum absolute atomic E-state index is 5.12. The SMILES string of the molecule is Cc1ccc(-c2ccc(-n3c4ncc(-c5ccc(C)cc5C)cc4c4cc(-c5ccc(C)c(C)c5C)cnc43)cc2)c(C)c1. The number of aryl methyl sites for hydroxylation is 5. The fourth-order valence-electron chi connectivity index (χ4n) is 6.64. The van der Waals surface area contributed by atoms with Gasteiger partial charge in [-0.1, -0.05) is 71.8 Å². The zero-order valence-corrected chi connectivity index (χ0v) is 26.6. The van der Waals surface area contributed by atoms with E-state index < -0.39 is 0 Å². The van der Waals surface area contributed by atoms with Crippen molar-refractivity contribution in [3.8, 4) is 39.1 Å². The number of fused-ring (bicyclic) bond motifs is 3. The van der Waals surface area contributed by atoms with Crippen LogP contribution in [0.4, 0.5) is 0 Å². The lowest BCUT2D eigenvalue weighted by atomic mass is 9.94. The van der Waals surface area contributed by atoms with Crippen molar-refractivity contribution < 1.29 is 0 Å². The molecule has 3 aromatic heterocycles. The second-order valence-electron chi connectivity index (χ2n) is 12.4. The van der Waals surface area contributed by atoms with Crippen molar-refractivity contribution in [2.75, 3.05) is 0 Å². The zero-order chi connectivity index (χ0) is 30.7. The number of benzene rings is 4. The largest absolute Gasteiger partial charge is 0.278 e. The first-order valence-corrected chi connectivity index (χ1v) is 15.3. The fourth-order valence-corrected chi connectivity index (χ4v) is 6.64. The smallest absolute Gasteiger partial charge is 0.146 e. The number of pyridine rings is 2. The van der Waals surface area contributed by atoms with Gasteiger partial charge in [0.05, 0.1) is 0 Å². The van der Waals surface area contributed by atoms with Gasteiger partial charge < -0.3 is 0 Å². The van der Waals surface area contributed by atoms with Gasteiger partial charge >= 0.3 is 0 Å². The van der Waals surface area contributed by atoms with Gasteiger partial charge in [0.2, 0.25) is 0 Å². The summed E-state index contributed by atoms with van der Waals surface area (Å²) in [6, 6.07) is 31.1. The van der Waals surface area contributed by atoms with Crippen LogP contribution in [0, 0.1) is 48.5 Å². The number of rotatable bonds is 4. The summed E-state index contributed by atoms with van der Waals surface area (Å²) in [5.41, 5.74) is 19.0. The molecule has 0 N–H and O–H groups in total. The quantitative estimate of drug-likeness (QED) is 0.210. The molecule has 4 aromatic carbocycles. The fraction of sp³-hybridized carbons (Fsp3) is 0.171. The molecule has 0 spiro atoms. The molecule has 3 heterocycles. The molecular weight excluding hydrogens is 534 g/mol. The van der Waals surface area contributed by atoms with Crippen LogP contribution in [0.2, 0.25) is 0 Å². The predicted octanol–water partition coefficient (Wildman–Crippen LogP) is 10.7. The summed E-state index contributed by atoms with van der Waals surface area (Å²) in [5, 5.41) is 2.21. The molecule has 0 atom stereocenters. The van der Waals surface area contributed by atoms with Crippen LogP contribution in [0.3, 0.4) is 0 Å². The summed E-state index contributed by atoms with van der Waals surface area (Å²) in [4.78, 5) is 10.2. The molecule has 44 heavy (non-hydrogen) atoms. The average molecular weight is 572 g/mol. The summed E-state index contributed by atoms with van der Waals surface area (Å²) in [5.74, 6) is 0. The Morgan fingerprint density at radius 2 is 0.932 bits per heavy atom. The molecule has 0 bridgehead atoms. The summed E-state index contributed by atoms with van der Waals surface area (Å²) in [6.07, 6.45) is 4.03. The maximum atomic E-state index is 5.12. The third-order valence-corrected chi connectivity index (χ3v) is 9.33. The number of hydrogen-bond donors (Lipinski definition) is 0. The molecule has 0 amide bonds. The van der Waals surface area contributed by atoms with E-state index >= 15 is 0 Å². The Morgan fingerprint density at radius 3 is 1.48 bits per heavy atom. The van der Waals surface area contributed by atoms with E-state index in [4.69, 9.17) is 9.97 Å². The van der Waals surface area contributed by atoms with Gasteiger partial charge in [-0.3, -0.25) is 4.57 Å². The Hall–Kier alpha value is -5.02. The Morgan fingerprint density at radius 1 is 0.432 bits per heavy atom.